The molecule has 0 fully saturated rings. The average molecular weight is 289 g/mol. The van der Waals surface area contributed by atoms with E-state index in [1.807, 2.05) is 13.0 Å². The van der Waals surface area contributed by atoms with Gasteiger partial charge in [0.15, 0.2) is 11.5 Å². The van der Waals surface area contributed by atoms with E-state index >= 15 is 0 Å². The summed E-state index contributed by atoms with van der Waals surface area (Å²) in [6.07, 6.45) is 1.06. The minimum atomic E-state index is -0.0153. The summed E-state index contributed by atoms with van der Waals surface area (Å²) in [6.45, 7) is 4.05. The van der Waals surface area contributed by atoms with Crippen molar-refractivity contribution >= 4 is 15.9 Å². The maximum absolute atomic E-state index is 9.08. The van der Waals surface area contributed by atoms with Gasteiger partial charge in [-0.1, -0.05) is 6.92 Å². The number of halogens is 1. The van der Waals surface area contributed by atoms with Gasteiger partial charge < -0.3 is 14.6 Å². The summed E-state index contributed by atoms with van der Waals surface area (Å²) >= 11 is 3.42. The van der Waals surface area contributed by atoms with Crippen LogP contribution in [0.5, 0.6) is 11.5 Å². The van der Waals surface area contributed by atoms with Crippen molar-refractivity contribution in [2.45, 2.75) is 33.0 Å². The van der Waals surface area contributed by atoms with Crippen LogP contribution in [0.4, 0.5) is 0 Å². The Morgan fingerprint density at radius 2 is 2.12 bits per heavy atom. The largest absolute Gasteiger partial charge is 0.493 e. The first kappa shape index (κ1) is 13.3. The van der Waals surface area contributed by atoms with Gasteiger partial charge in [0.25, 0.3) is 0 Å². The van der Waals surface area contributed by atoms with Crippen LogP contribution in [0.15, 0.2) is 16.6 Å². The van der Waals surface area contributed by atoms with E-state index in [0.29, 0.717) is 11.5 Å². The van der Waals surface area contributed by atoms with Gasteiger partial charge in [-0.25, -0.2) is 0 Å². The predicted molar refractivity (Wildman–Crippen MR) is 67.0 cm³/mol. The molecule has 0 bridgehead atoms. The van der Waals surface area contributed by atoms with Crippen LogP contribution in [0.3, 0.4) is 0 Å². The Labute approximate surface area is 105 Å². The van der Waals surface area contributed by atoms with Crippen molar-refractivity contribution in [3.05, 3.63) is 22.2 Å². The highest BCUT2D eigenvalue weighted by molar-refractivity contribution is 9.10. The average Bonchev–Trinajstić information content (AvgIpc) is 2.30. The number of ether oxygens (including phenoxy) is 2. The molecular weight excluding hydrogens is 272 g/mol. The molecule has 4 heteroatoms. The molecule has 0 aliphatic rings. The summed E-state index contributed by atoms with van der Waals surface area (Å²) in [5.74, 6) is 1.33. The van der Waals surface area contributed by atoms with Crippen LogP contribution in [0, 0.1) is 0 Å². The number of benzene rings is 1. The fourth-order valence-corrected chi connectivity index (χ4v) is 1.85. The topological polar surface area (TPSA) is 38.7 Å². The number of methoxy groups -OCH3 is 1. The number of aliphatic hydroxyl groups excluding tert-OH is 1. The number of hydrogen-bond acceptors (Lipinski definition) is 3. The van der Waals surface area contributed by atoms with Crippen molar-refractivity contribution in [1.29, 1.82) is 0 Å². The number of aliphatic hydroxyl groups is 1. The van der Waals surface area contributed by atoms with Gasteiger partial charge in [0, 0.05) is 0 Å². The lowest BCUT2D eigenvalue weighted by atomic mass is 10.2. The van der Waals surface area contributed by atoms with Crippen LogP contribution in [0.2, 0.25) is 0 Å². The summed E-state index contributed by atoms with van der Waals surface area (Å²) in [7, 11) is 1.59. The van der Waals surface area contributed by atoms with Crippen LogP contribution in [0.1, 0.15) is 25.8 Å². The van der Waals surface area contributed by atoms with Crippen molar-refractivity contribution in [2.24, 2.45) is 0 Å². The lowest BCUT2D eigenvalue weighted by Crippen LogP contribution is -2.11. The first-order valence-electron chi connectivity index (χ1n) is 5.26. The molecule has 0 heterocycles. The molecule has 0 saturated carbocycles. The molecule has 0 amide bonds. The first-order chi connectivity index (χ1) is 7.62. The van der Waals surface area contributed by atoms with E-state index in [-0.39, 0.29) is 12.7 Å². The predicted octanol–water partition coefficient (Wildman–Crippen LogP) is 3.13. The molecule has 3 nitrogen and oxygen atoms in total. The van der Waals surface area contributed by atoms with Gasteiger partial charge in [0.1, 0.15) is 0 Å². The van der Waals surface area contributed by atoms with E-state index in [9.17, 15) is 0 Å². The zero-order valence-corrected chi connectivity index (χ0v) is 11.4. The normalized spacial score (nSPS) is 12.3. The minimum absolute atomic E-state index is 0.0153. The fourth-order valence-electron chi connectivity index (χ4n) is 1.26. The van der Waals surface area contributed by atoms with Gasteiger partial charge in [-0.05, 0) is 47.0 Å². The molecule has 1 rings (SSSR count). The van der Waals surface area contributed by atoms with E-state index in [1.54, 1.807) is 13.2 Å². The highest BCUT2D eigenvalue weighted by atomic mass is 79.9. The maximum Gasteiger partial charge on any atom is 0.175 e. The van der Waals surface area contributed by atoms with E-state index in [1.165, 1.54) is 0 Å². The van der Waals surface area contributed by atoms with E-state index in [2.05, 4.69) is 22.9 Å². The van der Waals surface area contributed by atoms with Crippen LogP contribution < -0.4 is 9.47 Å². The smallest absolute Gasteiger partial charge is 0.175 e. The second-order valence-electron chi connectivity index (χ2n) is 3.60. The number of hydrogen-bond donors (Lipinski definition) is 1. The molecule has 0 aromatic heterocycles. The second kappa shape index (κ2) is 6.11. The molecule has 16 heavy (non-hydrogen) atoms. The van der Waals surface area contributed by atoms with Crippen molar-refractivity contribution in [2.75, 3.05) is 7.11 Å². The molecule has 0 spiro atoms. The van der Waals surface area contributed by atoms with Gasteiger partial charge in [0.05, 0.1) is 24.3 Å². The SMILES string of the molecule is CCC(C)Oc1c(Br)cc(CO)cc1OC. The third-order valence-electron chi connectivity index (χ3n) is 2.37. The van der Waals surface area contributed by atoms with Gasteiger partial charge in [-0.15, -0.1) is 0 Å². The van der Waals surface area contributed by atoms with Crippen LogP contribution in [0.25, 0.3) is 0 Å². The summed E-state index contributed by atoms with van der Waals surface area (Å²) in [4.78, 5) is 0. The molecule has 90 valence electrons. The molecule has 0 radical (unpaired) electrons. The van der Waals surface area contributed by atoms with Crippen LogP contribution in [-0.4, -0.2) is 18.3 Å². The molecular formula is C12H17BrO3. The van der Waals surface area contributed by atoms with Crippen molar-refractivity contribution in [1.82, 2.24) is 0 Å². The third kappa shape index (κ3) is 3.12. The maximum atomic E-state index is 9.08. The monoisotopic (exact) mass is 288 g/mol. The Bertz CT molecular complexity index is 352. The van der Waals surface area contributed by atoms with Gasteiger partial charge in [-0.2, -0.15) is 0 Å². The van der Waals surface area contributed by atoms with Gasteiger partial charge >= 0.3 is 0 Å². The van der Waals surface area contributed by atoms with E-state index in [4.69, 9.17) is 14.6 Å². The molecule has 0 saturated heterocycles. The van der Waals surface area contributed by atoms with E-state index < -0.39 is 0 Å². The van der Waals surface area contributed by atoms with Crippen LogP contribution in [-0.2, 0) is 6.61 Å². The molecule has 1 atom stereocenters. The summed E-state index contributed by atoms with van der Waals surface area (Å²) in [6, 6.07) is 3.61. The van der Waals surface area contributed by atoms with Crippen molar-refractivity contribution in [3.63, 3.8) is 0 Å². The molecule has 1 aromatic carbocycles. The highest BCUT2D eigenvalue weighted by Gasteiger charge is 2.13. The van der Waals surface area contributed by atoms with Gasteiger partial charge in [-0.3, -0.25) is 0 Å². The summed E-state index contributed by atoms with van der Waals surface area (Å²) < 4.78 is 11.8. The molecule has 1 aromatic rings. The minimum Gasteiger partial charge on any atom is -0.493 e. The van der Waals surface area contributed by atoms with Crippen molar-refractivity contribution in [3.8, 4) is 11.5 Å². The zero-order chi connectivity index (χ0) is 12.1. The van der Waals surface area contributed by atoms with Crippen LogP contribution >= 0.6 is 15.9 Å². The lowest BCUT2D eigenvalue weighted by Gasteiger charge is -2.17. The summed E-state index contributed by atoms with van der Waals surface area (Å²) in [5, 5.41) is 9.08. The third-order valence-corrected chi connectivity index (χ3v) is 2.95. The Hall–Kier alpha value is -0.740. The second-order valence-corrected chi connectivity index (χ2v) is 4.46. The highest BCUT2D eigenvalue weighted by Crippen LogP contribution is 2.37. The Morgan fingerprint density at radius 3 is 2.62 bits per heavy atom. The van der Waals surface area contributed by atoms with E-state index in [0.717, 1.165) is 16.5 Å². The fraction of sp³-hybridized carbons (Fsp3) is 0.500. The molecule has 1 N–H and O–H groups in total. The molecule has 1 unspecified atom stereocenters. The van der Waals surface area contributed by atoms with Gasteiger partial charge in [0.2, 0.25) is 0 Å². The van der Waals surface area contributed by atoms with Crippen molar-refractivity contribution < 1.29 is 14.6 Å². The standard InChI is InChI=1S/C12H17BrO3/c1-4-8(2)16-12-10(13)5-9(7-14)6-11(12)15-3/h5-6,8,14H,4,7H2,1-3H3. The quantitative estimate of drug-likeness (QED) is 0.905. The Kier molecular flexibility index (Phi) is 5.09. The Morgan fingerprint density at radius 1 is 1.44 bits per heavy atom. The molecule has 0 aliphatic carbocycles. The summed E-state index contributed by atoms with van der Waals surface area (Å²) in [5.41, 5.74) is 0.792. The first-order valence-corrected chi connectivity index (χ1v) is 6.05. The number of rotatable bonds is 5. The zero-order valence-electron chi connectivity index (χ0n) is 9.79. The molecule has 0 aliphatic heterocycles. The Balaban J connectivity index is 3.06. The lowest BCUT2D eigenvalue weighted by molar-refractivity contribution is 0.205.